The molecule has 4 nitrogen and oxygen atoms in total. The maximum atomic E-state index is 12.4. The van der Waals surface area contributed by atoms with Crippen LogP contribution in [0.15, 0.2) is 24.3 Å². The zero-order valence-corrected chi connectivity index (χ0v) is 11.8. The Morgan fingerprint density at radius 1 is 1.32 bits per heavy atom. The van der Waals surface area contributed by atoms with E-state index in [4.69, 9.17) is 5.73 Å². The summed E-state index contributed by atoms with van der Waals surface area (Å²) in [6.07, 6.45) is 2.16. The first kappa shape index (κ1) is 13.9. The number of benzene rings is 1. The molecule has 0 atom stereocenters. The molecule has 2 N–H and O–H groups in total. The van der Waals surface area contributed by atoms with E-state index in [1.165, 1.54) is 0 Å². The normalized spacial score (nSPS) is 16.9. The minimum atomic E-state index is 0.0707. The lowest BCUT2D eigenvalue weighted by atomic mass is 9.96. The summed E-state index contributed by atoms with van der Waals surface area (Å²) in [4.78, 5) is 16.5. The maximum Gasteiger partial charge on any atom is 0.255 e. The molecular weight excluding hydrogens is 238 g/mol. The Balaban J connectivity index is 1.95. The molecule has 4 heteroatoms. The number of nitrogens with zero attached hydrogens (tertiary/aromatic N) is 2. The third-order valence-corrected chi connectivity index (χ3v) is 3.72. The van der Waals surface area contributed by atoms with Gasteiger partial charge in [-0.3, -0.25) is 4.79 Å². The van der Waals surface area contributed by atoms with Crippen molar-refractivity contribution < 1.29 is 4.79 Å². The van der Waals surface area contributed by atoms with Crippen LogP contribution in [-0.4, -0.2) is 49.4 Å². The molecule has 2 rings (SSSR count). The number of piperidine rings is 1. The molecule has 1 aromatic carbocycles. The van der Waals surface area contributed by atoms with Crippen molar-refractivity contribution in [1.29, 1.82) is 0 Å². The average molecular weight is 261 g/mol. The number of rotatable bonds is 3. The molecule has 0 aliphatic carbocycles. The number of amides is 1. The van der Waals surface area contributed by atoms with Crippen LogP contribution in [0.25, 0.3) is 0 Å². The summed E-state index contributed by atoms with van der Waals surface area (Å²) < 4.78 is 0. The number of carbonyl (C=O) groups excluding carboxylic acids is 1. The Bertz CT molecular complexity index is 437. The van der Waals surface area contributed by atoms with E-state index in [-0.39, 0.29) is 5.91 Å². The summed E-state index contributed by atoms with van der Waals surface area (Å²) in [7, 11) is 4.20. The Labute approximate surface area is 115 Å². The molecular formula is C15H23N3O. The van der Waals surface area contributed by atoms with Crippen molar-refractivity contribution >= 4 is 11.6 Å². The fourth-order valence-electron chi connectivity index (χ4n) is 2.70. The molecule has 0 radical (unpaired) electrons. The van der Waals surface area contributed by atoms with Crippen LogP contribution in [0.3, 0.4) is 0 Å². The first-order chi connectivity index (χ1) is 9.08. The highest BCUT2D eigenvalue weighted by Crippen LogP contribution is 2.21. The van der Waals surface area contributed by atoms with Gasteiger partial charge in [-0.1, -0.05) is 12.1 Å². The summed E-state index contributed by atoms with van der Waals surface area (Å²) in [5.74, 6) is 0.772. The van der Waals surface area contributed by atoms with Gasteiger partial charge in [0.25, 0.3) is 5.91 Å². The van der Waals surface area contributed by atoms with E-state index in [0.717, 1.165) is 32.5 Å². The Hall–Kier alpha value is -1.55. The molecule has 0 spiro atoms. The summed E-state index contributed by atoms with van der Waals surface area (Å²) >= 11 is 0. The SMILES string of the molecule is CN(C)CC1CCN(C(=O)c2ccccc2N)CC1. The van der Waals surface area contributed by atoms with E-state index >= 15 is 0 Å². The van der Waals surface area contributed by atoms with Gasteiger partial charge in [0.05, 0.1) is 5.56 Å². The summed E-state index contributed by atoms with van der Waals surface area (Å²) in [5, 5.41) is 0. The van der Waals surface area contributed by atoms with Gasteiger partial charge in [0.2, 0.25) is 0 Å². The van der Waals surface area contributed by atoms with E-state index in [1.54, 1.807) is 6.07 Å². The second kappa shape index (κ2) is 6.06. The van der Waals surface area contributed by atoms with Gasteiger partial charge in [0, 0.05) is 25.3 Å². The van der Waals surface area contributed by atoms with E-state index in [0.29, 0.717) is 17.2 Å². The van der Waals surface area contributed by atoms with Crippen LogP contribution >= 0.6 is 0 Å². The van der Waals surface area contributed by atoms with Crippen LogP contribution in [0.2, 0.25) is 0 Å². The van der Waals surface area contributed by atoms with E-state index in [2.05, 4.69) is 19.0 Å². The molecule has 0 unspecified atom stereocenters. The summed E-state index contributed by atoms with van der Waals surface area (Å²) in [6.45, 7) is 2.78. The Morgan fingerprint density at radius 2 is 1.95 bits per heavy atom. The predicted octanol–water partition coefficient (Wildman–Crippen LogP) is 1.68. The number of carbonyl (C=O) groups is 1. The minimum absolute atomic E-state index is 0.0707. The van der Waals surface area contributed by atoms with Crippen molar-refractivity contribution in [2.75, 3.05) is 39.5 Å². The van der Waals surface area contributed by atoms with Gasteiger partial charge >= 0.3 is 0 Å². The van der Waals surface area contributed by atoms with Crippen LogP contribution in [0.1, 0.15) is 23.2 Å². The van der Waals surface area contributed by atoms with Gasteiger partial charge in [0.15, 0.2) is 0 Å². The number of nitrogens with two attached hydrogens (primary N) is 1. The molecule has 1 aliphatic rings. The zero-order valence-electron chi connectivity index (χ0n) is 11.8. The number of nitrogen functional groups attached to an aromatic ring is 1. The number of likely N-dealkylation sites (tertiary alicyclic amines) is 1. The molecule has 1 amide bonds. The highest BCUT2D eigenvalue weighted by atomic mass is 16.2. The summed E-state index contributed by atoms with van der Waals surface area (Å²) in [5.41, 5.74) is 7.07. The largest absolute Gasteiger partial charge is 0.398 e. The molecule has 104 valence electrons. The number of anilines is 1. The molecule has 0 bridgehead atoms. The average Bonchev–Trinajstić information content (AvgIpc) is 2.39. The van der Waals surface area contributed by atoms with Gasteiger partial charge in [-0.05, 0) is 45.0 Å². The van der Waals surface area contributed by atoms with Gasteiger partial charge < -0.3 is 15.5 Å². The lowest BCUT2D eigenvalue weighted by Crippen LogP contribution is -2.40. The van der Waals surface area contributed by atoms with Crippen LogP contribution < -0.4 is 5.73 Å². The highest BCUT2D eigenvalue weighted by molar-refractivity contribution is 5.99. The smallest absolute Gasteiger partial charge is 0.255 e. The zero-order chi connectivity index (χ0) is 13.8. The quantitative estimate of drug-likeness (QED) is 0.842. The second-order valence-corrected chi connectivity index (χ2v) is 5.59. The fraction of sp³-hybridized carbons (Fsp3) is 0.533. The van der Waals surface area contributed by atoms with Gasteiger partial charge in [-0.2, -0.15) is 0 Å². The van der Waals surface area contributed by atoms with Crippen LogP contribution in [0.4, 0.5) is 5.69 Å². The monoisotopic (exact) mass is 261 g/mol. The molecule has 1 heterocycles. The van der Waals surface area contributed by atoms with Gasteiger partial charge in [-0.15, -0.1) is 0 Å². The van der Waals surface area contributed by atoms with Crippen LogP contribution in [0.5, 0.6) is 0 Å². The number of hydrogen-bond donors (Lipinski definition) is 1. The minimum Gasteiger partial charge on any atom is -0.398 e. The highest BCUT2D eigenvalue weighted by Gasteiger charge is 2.24. The van der Waals surface area contributed by atoms with Crippen molar-refractivity contribution in [3.63, 3.8) is 0 Å². The lowest BCUT2D eigenvalue weighted by Gasteiger charge is -2.33. The molecule has 1 aliphatic heterocycles. The first-order valence-electron chi connectivity index (χ1n) is 6.86. The topological polar surface area (TPSA) is 49.6 Å². The van der Waals surface area contributed by atoms with Crippen molar-refractivity contribution in [2.45, 2.75) is 12.8 Å². The predicted molar refractivity (Wildman–Crippen MR) is 78.0 cm³/mol. The maximum absolute atomic E-state index is 12.4. The second-order valence-electron chi connectivity index (χ2n) is 5.59. The standard InChI is InChI=1S/C15H23N3O/c1-17(2)11-12-7-9-18(10-8-12)15(19)13-5-3-4-6-14(13)16/h3-6,12H,7-11,16H2,1-2H3. The van der Waals surface area contributed by atoms with E-state index in [9.17, 15) is 4.79 Å². The number of para-hydroxylation sites is 1. The van der Waals surface area contributed by atoms with Crippen molar-refractivity contribution in [2.24, 2.45) is 5.92 Å². The van der Waals surface area contributed by atoms with Crippen molar-refractivity contribution in [3.05, 3.63) is 29.8 Å². The lowest BCUT2D eigenvalue weighted by molar-refractivity contribution is 0.0679. The Morgan fingerprint density at radius 3 is 2.53 bits per heavy atom. The molecule has 1 saturated heterocycles. The van der Waals surface area contributed by atoms with Gasteiger partial charge in [0.1, 0.15) is 0 Å². The van der Waals surface area contributed by atoms with Crippen LogP contribution in [0, 0.1) is 5.92 Å². The van der Waals surface area contributed by atoms with E-state index in [1.807, 2.05) is 23.1 Å². The fourth-order valence-corrected chi connectivity index (χ4v) is 2.70. The van der Waals surface area contributed by atoms with Crippen molar-refractivity contribution in [1.82, 2.24) is 9.80 Å². The third kappa shape index (κ3) is 3.47. The molecule has 1 aromatic rings. The van der Waals surface area contributed by atoms with Crippen molar-refractivity contribution in [3.8, 4) is 0 Å². The Kier molecular flexibility index (Phi) is 4.43. The van der Waals surface area contributed by atoms with Crippen LogP contribution in [-0.2, 0) is 0 Å². The molecule has 0 saturated carbocycles. The molecule has 0 aromatic heterocycles. The molecule has 1 fully saturated rings. The summed E-state index contributed by atoms with van der Waals surface area (Å²) in [6, 6.07) is 7.31. The number of hydrogen-bond acceptors (Lipinski definition) is 3. The van der Waals surface area contributed by atoms with Gasteiger partial charge in [-0.25, -0.2) is 0 Å². The van der Waals surface area contributed by atoms with E-state index < -0.39 is 0 Å². The third-order valence-electron chi connectivity index (χ3n) is 3.72. The molecule has 19 heavy (non-hydrogen) atoms. The first-order valence-corrected chi connectivity index (χ1v) is 6.86.